The molecule has 0 bridgehead atoms. The number of aromatic nitrogens is 2. The van der Waals surface area contributed by atoms with Crippen molar-refractivity contribution in [1.82, 2.24) is 9.55 Å². The first-order chi connectivity index (χ1) is 20.9. The minimum absolute atomic E-state index is 0.108. The number of rotatable bonds is 25. The molecule has 1 unspecified atom stereocenters. The molecule has 256 valence electrons. The van der Waals surface area contributed by atoms with E-state index in [0.29, 0.717) is 12.8 Å². The molecule has 0 aliphatic carbocycles. The third kappa shape index (κ3) is 16.9. The Morgan fingerprint density at radius 3 is 2.02 bits per heavy atom. The van der Waals surface area contributed by atoms with E-state index >= 15 is 0 Å². The highest BCUT2D eigenvalue weighted by Crippen LogP contribution is 2.44. The summed E-state index contributed by atoms with van der Waals surface area (Å²) < 4.78 is 47.3. The van der Waals surface area contributed by atoms with E-state index in [1.807, 2.05) is 4.98 Å². The highest BCUT2D eigenvalue weighted by molar-refractivity contribution is 7.47. The zero-order valence-corrected chi connectivity index (χ0v) is 28.9. The molecule has 1 aromatic rings. The van der Waals surface area contributed by atoms with Gasteiger partial charge in [-0.1, -0.05) is 109 Å². The number of nitrogens with one attached hydrogen (secondary N) is 1. The number of hydrogen-bond donors (Lipinski definition) is 3. The number of aromatic amines is 1. The van der Waals surface area contributed by atoms with Crippen LogP contribution in [0.3, 0.4) is 0 Å². The van der Waals surface area contributed by atoms with Crippen LogP contribution in [-0.2, 0) is 23.1 Å². The van der Waals surface area contributed by atoms with Crippen molar-refractivity contribution in [2.75, 3.05) is 26.4 Å². The first-order valence-electron chi connectivity index (χ1n) is 16.4. The smallest absolute Gasteiger partial charge is 0.390 e. The number of hydrogen-bond acceptors (Lipinski definition) is 8. The zero-order chi connectivity index (χ0) is 32.4. The van der Waals surface area contributed by atoms with Crippen molar-refractivity contribution in [2.24, 2.45) is 0 Å². The first-order valence-corrected chi connectivity index (χ1v) is 21.6. The molecule has 4 atom stereocenters. The van der Waals surface area contributed by atoms with Crippen LogP contribution in [0, 0.1) is 5.82 Å². The van der Waals surface area contributed by atoms with Crippen LogP contribution in [0.1, 0.15) is 103 Å². The lowest BCUT2D eigenvalue weighted by Gasteiger charge is -2.18. The van der Waals surface area contributed by atoms with Crippen LogP contribution in [0.2, 0.25) is 25.7 Å². The summed E-state index contributed by atoms with van der Waals surface area (Å²) in [6.07, 6.45) is 15.4. The summed E-state index contributed by atoms with van der Waals surface area (Å²) in [6.45, 7) is 7.42. The average Bonchev–Trinajstić information content (AvgIpc) is 3.32. The molecular weight excluding hydrogens is 610 g/mol. The number of aliphatic hydroxyl groups excluding tert-OH is 1. The van der Waals surface area contributed by atoms with E-state index in [-0.39, 0.29) is 19.6 Å². The number of H-pyrrole nitrogens is 1. The van der Waals surface area contributed by atoms with Gasteiger partial charge in [0.15, 0.2) is 0 Å². The summed E-state index contributed by atoms with van der Waals surface area (Å²) in [5, 5.41) is 10.2. The van der Waals surface area contributed by atoms with Crippen LogP contribution in [-0.4, -0.2) is 66.3 Å². The molecule has 0 spiro atoms. The fourth-order valence-corrected chi connectivity index (χ4v) is 7.24. The summed E-state index contributed by atoms with van der Waals surface area (Å²) in [5.41, 5.74) is -2.07. The monoisotopic (exact) mass is 666 g/mol. The minimum Gasteiger partial charge on any atom is -0.390 e. The lowest BCUT2D eigenvalue weighted by molar-refractivity contribution is -0.0474. The molecule has 11 nitrogen and oxygen atoms in total. The fourth-order valence-electron chi connectivity index (χ4n) is 5.21. The van der Waals surface area contributed by atoms with Gasteiger partial charge in [0.05, 0.1) is 32.1 Å². The standard InChI is InChI=1S/C30H56FN2O9PSi/c1-44(2,3)21-17-15-13-11-9-7-5-4-6-8-10-12-14-16-18-39-19-20-40-43(37,38)41-24-27-26(34)22-28(42-27)33-23-25(31)29(35)32-30(33)36/h23,26-28,34H,4-22,24H2,1-3H3,(H,37,38)(H,32,35,36)/t26-,27+,28+/m0/s1. The first kappa shape index (κ1) is 39.0. The summed E-state index contributed by atoms with van der Waals surface area (Å²) >= 11 is 0. The molecule has 0 aromatic carbocycles. The number of ether oxygens (including phenoxy) is 2. The molecule has 1 saturated heterocycles. The topological polar surface area (TPSA) is 149 Å². The predicted molar refractivity (Wildman–Crippen MR) is 171 cm³/mol. The van der Waals surface area contributed by atoms with Crippen molar-refractivity contribution in [3.63, 3.8) is 0 Å². The van der Waals surface area contributed by atoms with E-state index in [4.69, 9.17) is 18.5 Å². The van der Waals surface area contributed by atoms with Gasteiger partial charge in [-0.15, -0.1) is 0 Å². The van der Waals surface area contributed by atoms with Gasteiger partial charge >= 0.3 is 13.5 Å². The van der Waals surface area contributed by atoms with Crippen LogP contribution >= 0.6 is 7.82 Å². The Labute approximate surface area is 262 Å². The lowest BCUT2D eigenvalue weighted by atomic mass is 10.0. The number of phosphoric ester groups is 1. The zero-order valence-electron chi connectivity index (χ0n) is 27.0. The number of unbranched alkanes of at least 4 members (excludes halogenated alkanes) is 13. The van der Waals surface area contributed by atoms with Crippen molar-refractivity contribution in [1.29, 1.82) is 0 Å². The van der Waals surface area contributed by atoms with Crippen LogP contribution in [0.4, 0.5) is 4.39 Å². The second-order valence-electron chi connectivity index (χ2n) is 13.0. The van der Waals surface area contributed by atoms with Gasteiger partial charge < -0.3 is 19.5 Å². The normalized spacial score (nSPS) is 20.3. The van der Waals surface area contributed by atoms with Crippen LogP contribution in [0.25, 0.3) is 0 Å². The molecule has 2 rings (SSSR count). The second-order valence-corrected chi connectivity index (χ2v) is 20.1. The maximum absolute atomic E-state index is 13.5. The SMILES string of the molecule is C[Si](C)(C)CCCCCCCCCCCCCCCCOCCOP(=O)(O)OC[C@H]1O[C@@H](n2cc(F)c(=O)[nH]c2=O)C[C@@H]1O. The molecule has 0 radical (unpaired) electrons. The molecule has 14 heteroatoms. The van der Waals surface area contributed by atoms with E-state index in [0.717, 1.165) is 17.4 Å². The van der Waals surface area contributed by atoms with E-state index in [1.165, 1.54) is 83.1 Å². The quantitative estimate of drug-likeness (QED) is 0.0623. The van der Waals surface area contributed by atoms with Crippen molar-refractivity contribution >= 4 is 15.9 Å². The van der Waals surface area contributed by atoms with Crippen LogP contribution in [0.15, 0.2) is 15.8 Å². The van der Waals surface area contributed by atoms with Crippen molar-refractivity contribution in [2.45, 2.75) is 140 Å². The molecular formula is C30H56FN2O9PSi. The predicted octanol–water partition coefficient (Wildman–Crippen LogP) is 6.27. The minimum atomic E-state index is -4.43. The Bertz CT molecular complexity index is 1100. The van der Waals surface area contributed by atoms with Gasteiger partial charge in [-0.05, 0) is 6.42 Å². The number of nitrogens with zero attached hydrogens (tertiary/aromatic N) is 1. The van der Waals surface area contributed by atoms with Crippen LogP contribution < -0.4 is 11.2 Å². The van der Waals surface area contributed by atoms with Gasteiger partial charge in [-0.3, -0.25) is 23.4 Å². The molecule has 3 N–H and O–H groups in total. The van der Waals surface area contributed by atoms with Gasteiger partial charge in [0.2, 0.25) is 5.82 Å². The van der Waals surface area contributed by atoms with Gasteiger partial charge in [-0.2, -0.15) is 4.39 Å². The van der Waals surface area contributed by atoms with Crippen molar-refractivity contribution < 1.29 is 37.5 Å². The second kappa shape index (κ2) is 20.8. The number of phosphoric acid groups is 1. The number of halogens is 1. The highest BCUT2D eigenvalue weighted by atomic mass is 31.2. The average molecular weight is 667 g/mol. The van der Waals surface area contributed by atoms with E-state index in [9.17, 15) is 28.5 Å². The molecule has 1 aromatic heterocycles. The van der Waals surface area contributed by atoms with E-state index in [1.54, 1.807) is 0 Å². The Kier molecular flexibility index (Phi) is 18.5. The summed E-state index contributed by atoms with van der Waals surface area (Å²) in [5.74, 6) is -1.18. The van der Waals surface area contributed by atoms with Crippen LogP contribution in [0.5, 0.6) is 0 Å². The molecule has 1 aliphatic heterocycles. The largest absolute Gasteiger partial charge is 0.472 e. The summed E-state index contributed by atoms with van der Waals surface area (Å²) in [4.78, 5) is 34.8. The van der Waals surface area contributed by atoms with Gasteiger partial charge in [0.1, 0.15) is 12.3 Å². The molecule has 1 aliphatic rings. The Hall–Kier alpha value is -1.18. The third-order valence-corrected chi connectivity index (χ3v) is 10.6. The maximum atomic E-state index is 13.5. The Morgan fingerprint density at radius 1 is 0.909 bits per heavy atom. The van der Waals surface area contributed by atoms with E-state index in [2.05, 4.69) is 19.6 Å². The molecule has 1 fully saturated rings. The van der Waals surface area contributed by atoms with Gasteiger partial charge in [0, 0.05) is 21.1 Å². The van der Waals surface area contributed by atoms with Gasteiger partial charge in [-0.25, -0.2) is 9.36 Å². The Morgan fingerprint density at radius 2 is 1.45 bits per heavy atom. The summed E-state index contributed by atoms with van der Waals surface area (Å²) in [6, 6.07) is 1.47. The van der Waals surface area contributed by atoms with E-state index < -0.39 is 58.0 Å². The third-order valence-electron chi connectivity index (χ3n) is 7.79. The molecule has 44 heavy (non-hydrogen) atoms. The maximum Gasteiger partial charge on any atom is 0.472 e. The van der Waals surface area contributed by atoms with Crippen molar-refractivity contribution in [3.05, 3.63) is 32.9 Å². The fraction of sp³-hybridized carbons (Fsp3) is 0.867. The lowest BCUT2D eigenvalue weighted by Crippen LogP contribution is -2.34. The molecule has 0 saturated carbocycles. The molecule has 2 heterocycles. The summed E-state index contributed by atoms with van der Waals surface area (Å²) in [7, 11) is -5.28. The Balaban J connectivity index is 1.39. The molecule has 0 amide bonds. The van der Waals surface area contributed by atoms with Gasteiger partial charge in [0.25, 0.3) is 5.56 Å². The number of aliphatic hydroxyl groups is 1. The highest BCUT2D eigenvalue weighted by Gasteiger charge is 2.37. The van der Waals surface area contributed by atoms with Crippen molar-refractivity contribution in [3.8, 4) is 0 Å².